The maximum Gasteiger partial charge on any atom is 0.218 e. The van der Waals surface area contributed by atoms with E-state index in [0.717, 1.165) is 37.7 Å². The van der Waals surface area contributed by atoms with Crippen molar-refractivity contribution in [1.82, 2.24) is 15.6 Å². The Labute approximate surface area is 180 Å². The molecule has 1 aromatic rings. The van der Waals surface area contributed by atoms with Crippen LogP contribution in [0.3, 0.4) is 0 Å². The van der Waals surface area contributed by atoms with E-state index in [-0.39, 0.29) is 24.0 Å². The quantitative estimate of drug-likeness (QED) is 0.226. The van der Waals surface area contributed by atoms with Crippen LogP contribution >= 0.6 is 24.0 Å². The normalized spacial score (nSPS) is 15.9. The molecular weight excluding hydrogens is 455 g/mol. The molecule has 0 atom stereocenters. The summed E-state index contributed by atoms with van der Waals surface area (Å²) in [5, 5.41) is 6.90. The number of rotatable bonds is 10. The summed E-state index contributed by atoms with van der Waals surface area (Å²) in [4.78, 5) is 8.67. The van der Waals surface area contributed by atoms with Crippen LogP contribution in [0.1, 0.15) is 51.5 Å². The van der Waals surface area contributed by atoms with Crippen molar-refractivity contribution in [3.05, 3.63) is 23.9 Å². The van der Waals surface area contributed by atoms with Crippen LogP contribution in [-0.2, 0) is 11.3 Å². The predicted molar refractivity (Wildman–Crippen MR) is 121 cm³/mol. The van der Waals surface area contributed by atoms with Gasteiger partial charge in [-0.25, -0.2) is 4.98 Å². The topological polar surface area (TPSA) is 67.8 Å². The first-order valence-electron chi connectivity index (χ1n) is 9.82. The van der Waals surface area contributed by atoms with E-state index in [0.29, 0.717) is 24.4 Å². The molecule has 0 radical (unpaired) electrons. The summed E-state index contributed by atoms with van der Waals surface area (Å²) < 4.78 is 11.2. The van der Waals surface area contributed by atoms with Gasteiger partial charge in [0.1, 0.15) is 0 Å². The van der Waals surface area contributed by atoms with Crippen molar-refractivity contribution in [1.29, 1.82) is 0 Å². The molecule has 0 amide bonds. The molecule has 6 nitrogen and oxygen atoms in total. The molecule has 1 aliphatic rings. The molecule has 2 N–H and O–H groups in total. The number of hydrogen-bond acceptors (Lipinski definition) is 4. The van der Waals surface area contributed by atoms with Crippen LogP contribution in [0.15, 0.2) is 23.3 Å². The second-order valence-corrected chi connectivity index (χ2v) is 6.83. The van der Waals surface area contributed by atoms with Crippen LogP contribution in [-0.4, -0.2) is 44.4 Å². The van der Waals surface area contributed by atoms with Crippen molar-refractivity contribution in [3.8, 4) is 5.88 Å². The predicted octanol–water partition coefficient (Wildman–Crippen LogP) is 3.75. The summed E-state index contributed by atoms with van der Waals surface area (Å²) in [6.45, 7) is 7.84. The zero-order chi connectivity index (χ0) is 18.7. The molecule has 2 rings (SSSR count). The van der Waals surface area contributed by atoms with Gasteiger partial charge in [0.15, 0.2) is 5.96 Å². The van der Waals surface area contributed by atoms with Gasteiger partial charge in [-0.2, -0.15) is 0 Å². The smallest absolute Gasteiger partial charge is 0.218 e. The highest BCUT2D eigenvalue weighted by molar-refractivity contribution is 14.0. The molecule has 0 spiro atoms. The van der Waals surface area contributed by atoms with Crippen molar-refractivity contribution in [3.63, 3.8) is 0 Å². The lowest BCUT2D eigenvalue weighted by Gasteiger charge is -2.30. The monoisotopic (exact) mass is 490 g/mol. The highest BCUT2D eigenvalue weighted by atomic mass is 127. The Kier molecular flexibility index (Phi) is 11.7. The fraction of sp³-hybridized carbons (Fsp3) is 0.700. The van der Waals surface area contributed by atoms with Crippen LogP contribution in [0, 0.1) is 5.41 Å². The van der Waals surface area contributed by atoms with E-state index >= 15 is 0 Å². The van der Waals surface area contributed by atoms with Crippen LogP contribution in [0.2, 0.25) is 0 Å². The lowest BCUT2D eigenvalue weighted by atomic mass is 9.83. The summed E-state index contributed by atoms with van der Waals surface area (Å²) in [6, 6.07) is 3.95. The standard InChI is InChI=1S/C20H34N4O2.HI/c1-4-25-14-12-20(10-6-7-11-20)16-24-19(21-3)23-15-17-9-8-13-22-18(17)26-5-2;/h8-9,13H,4-7,10-12,14-16H2,1-3H3,(H2,21,23,24);1H. The van der Waals surface area contributed by atoms with E-state index in [4.69, 9.17) is 9.47 Å². The van der Waals surface area contributed by atoms with Crippen LogP contribution in [0.4, 0.5) is 0 Å². The van der Waals surface area contributed by atoms with E-state index in [1.165, 1.54) is 25.7 Å². The number of aliphatic imine (C=N–C) groups is 1. The van der Waals surface area contributed by atoms with Crippen molar-refractivity contribution < 1.29 is 9.47 Å². The largest absolute Gasteiger partial charge is 0.478 e. The SMILES string of the molecule is CCOCCC1(CNC(=NC)NCc2cccnc2OCC)CCCC1.I. The number of ether oxygens (including phenoxy) is 2. The maximum atomic E-state index is 5.60. The lowest BCUT2D eigenvalue weighted by molar-refractivity contribution is 0.105. The molecule has 27 heavy (non-hydrogen) atoms. The average Bonchev–Trinajstić information content (AvgIpc) is 3.12. The Morgan fingerprint density at radius 3 is 2.67 bits per heavy atom. The van der Waals surface area contributed by atoms with Gasteiger partial charge in [0.2, 0.25) is 5.88 Å². The molecule has 0 unspecified atom stereocenters. The molecule has 1 aromatic heterocycles. The molecule has 0 aliphatic heterocycles. The minimum Gasteiger partial charge on any atom is -0.478 e. The number of hydrogen-bond donors (Lipinski definition) is 2. The second-order valence-electron chi connectivity index (χ2n) is 6.83. The fourth-order valence-corrected chi connectivity index (χ4v) is 3.57. The van der Waals surface area contributed by atoms with Crippen molar-refractivity contribution >= 4 is 29.9 Å². The zero-order valence-electron chi connectivity index (χ0n) is 16.9. The van der Waals surface area contributed by atoms with Gasteiger partial charge in [-0.1, -0.05) is 18.9 Å². The van der Waals surface area contributed by atoms with Crippen molar-refractivity contribution in [2.75, 3.05) is 33.4 Å². The molecule has 0 saturated heterocycles. The zero-order valence-corrected chi connectivity index (χ0v) is 19.3. The molecule has 7 heteroatoms. The third-order valence-corrected chi connectivity index (χ3v) is 5.08. The fourth-order valence-electron chi connectivity index (χ4n) is 3.57. The van der Waals surface area contributed by atoms with Gasteiger partial charge in [-0.15, -0.1) is 24.0 Å². The van der Waals surface area contributed by atoms with Gasteiger partial charge >= 0.3 is 0 Å². The van der Waals surface area contributed by atoms with Crippen molar-refractivity contribution in [2.45, 2.75) is 52.5 Å². The van der Waals surface area contributed by atoms with E-state index in [1.807, 2.05) is 26.1 Å². The number of guanidine groups is 1. The average molecular weight is 490 g/mol. The maximum absolute atomic E-state index is 5.60. The third-order valence-electron chi connectivity index (χ3n) is 5.08. The minimum atomic E-state index is 0. The highest BCUT2D eigenvalue weighted by Gasteiger charge is 2.33. The van der Waals surface area contributed by atoms with E-state index in [2.05, 4.69) is 27.5 Å². The Morgan fingerprint density at radius 2 is 2.00 bits per heavy atom. The van der Waals surface area contributed by atoms with E-state index in [9.17, 15) is 0 Å². The first-order valence-corrected chi connectivity index (χ1v) is 9.82. The van der Waals surface area contributed by atoms with Gasteiger partial charge < -0.3 is 20.1 Å². The van der Waals surface area contributed by atoms with Gasteiger partial charge in [0, 0.05) is 45.1 Å². The molecule has 154 valence electrons. The number of nitrogens with zero attached hydrogens (tertiary/aromatic N) is 2. The summed E-state index contributed by atoms with van der Waals surface area (Å²) in [6.07, 6.45) is 8.02. The number of pyridine rings is 1. The Morgan fingerprint density at radius 1 is 1.22 bits per heavy atom. The molecule has 0 aromatic carbocycles. The van der Waals surface area contributed by atoms with Crippen LogP contribution < -0.4 is 15.4 Å². The van der Waals surface area contributed by atoms with E-state index < -0.39 is 0 Å². The highest BCUT2D eigenvalue weighted by Crippen LogP contribution is 2.40. The number of aromatic nitrogens is 1. The first-order chi connectivity index (χ1) is 12.7. The first kappa shape index (κ1) is 23.9. The van der Waals surface area contributed by atoms with Gasteiger partial charge in [-0.05, 0) is 44.6 Å². The van der Waals surface area contributed by atoms with Crippen LogP contribution in [0.5, 0.6) is 5.88 Å². The van der Waals surface area contributed by atoms with Gasteiger partial charge in [0.25, 0.3) is 0 Å². The second kappa shape index (κ2) is 13.1. The Bertz CT molecular complexity index is 563. The molecule has 1 saturated carbocycles. The van der Waals surface area contributed by atoms with Crippen molar-refractivity contribution in [2.24, 2.45) is 10.4 Å². The van der Waals surface area contributed by atoms with Gasteiger partial charge in [-0.3, -0.25) is 4.99 Å². The molecule has 1 heterocycles. The summed E-state index contributed by atoms with van der Waals surface area (Å²) in [5.74, 6) is 1.50. The third kappa shape index (κ3) is 7.81. The summed E-state index contributed by atoms with van der Waals surface area (Å²) in [7, 11) is 1.81. The van der Waals surface area contributed by atoms with E-state index in [1.54, 1.807) is 6.20 Å². The Hall–Kier alpha value is -1.09. The molecule has 0 bridgehead atoms. The molecular formula is C20H35IN4O2. The summed E-state index contributed by atoms with van der Waals surface area (Å²) >= 11 is 0. The summed E-state index contributed by atoms with van der Waals surface area (Å²) in [5.41, 5.74) is 1.36. The van der Waals surface area contributed by atoms with Crippen LogP contribution in [0.25, 0.3) is 0 Å². The Balaban J connectivity index is 0.00000364. The number of nitrogens with one attached hydrogen (secondary N) is 2. The molecule has 1 fully saturated rings. The molecule has 1 aliphatic carbocycles. The van der Waals surface area contributed by atoms with Gasteiger partial charge in [0.05, 0.1) is 6.61 Å². The lowest BCUT2D eigenvalue weighted by Crippen LogP contribution is -2.43. The minimum absolute atomic E-state index is 0. The number of halogens is 1.